The SMILES string of the molecule is CCCOc1cccc(NC(=O)C(N)C(C)(C)C)c1. The molecule has 19 heavy (non-hydrogen) atoms. The smallest absolute Gasteiger partial charge is 0.241 e. The number of nitrogens with two attached hydrogens (primary N) is 1. The van der Waals surface area contributed by atoms with Gasteiger partial charge in [0.1, 0.15) is 5.75 Å². The molecule has 3 N–H and O–H groups in total. The van der Waals surface area contributed by atoms with E-state index in [1.165, 1.54) is 0 Å². The molecule has 1 aromatic carbocycles. The highest BCUT2D eigenvalue weighted by Crippen LogP contribution is 2.21. The molecule has 0 aliphatic rings. The molecule has 0 aromatic heterocycles. The van der Waals surface area contributed by atoms with Crippen LogP contribution < -0.4 is 15.8 Å². The van der Waals surface area contributed by atoms with E-state index in [4.69, 9.17) is 10.5 Å². The molecule has 0 saturated heterocycles. The molecule has 0 aliphatic carbocycles. The van der Waals surface area contributed by atoms with Gasteiger partial charge in [-0.15, -0.1) is 0 Å². The van der Waals surface area contributed by atoms with Gasteiger partial charge >= 0.3 is 0 Å². The quantitative estimate of drug-likeness (QED) is 0.859. The first-order valence-electron chi connectivity index (χ1n) is 6.64. The number of amides is 1. The maximum atomic E-state index is 12.0. The van der Waals surface area contributed by atoms with Gasteiger partial charge in [-0.2, -0.15) is 0 Å². The van der Waals surface area contributed by atoms with E-state index in [0.29, 0.717) is 12.3 Å². The predicted octanol–water partition coefficient (Wildman–Crippen LogP) is 2.79. The second-order valence-electron chi connectivity index (χ2n) is 5.71. The first kappa shape index (κ1) is 15.5. The van der Waals surface area contributed by atoms with Gasteiger partial charge in [0.25, 0.3) is 0 Å². The van der Waals surface area contributed by atoms with Crippen molar-refractivity contribution in [3.63, 3.8) is 0 Å². The lowest BCUT2D eigenvalue weighted by atomic mass is 9.87. The summed E-state index contributed by atoms with van der Waals surface area (Å²) in [4.78, 5) is 12.0. The van der Waals surface area contributed by atoms with E-state index in [2.05, 4.69) is 5.32 Å². The fourth-order valence-corrected chi connectivity index (χ4v) is 1.50. The van der Waals surface area contributed by atoms with Crippen LogP contribution >= 0.6 is 0 Å². The van der Waals surface area contributed by atoms with E-state index in [1.54, 1.807) is 0 Å². The molecule has 0 spiro atoms. The summed E-state index contributed by atoms with van der Waals surface area (Å²) in [5, 5.41) is 2.82. The lowest BCUT2D eigenvalue weighted by Gasteiger charge is -2.25. The van der Waals surface area contributed by atoms with Gasteiger partial charge < -0.3 is 15.8 Å². The maximum absolute atomic E-state index is 12.0. The molecular formula is C15H24N2O2. The summed E-state index contributed by atoms with van der Waals surface area (Å²) in [6.07, 6.45) is 0.950. The Balaban J connectivity index is 2.69. The summed E-state index contributed by atoms with van der Waals surface area (Å²) in [6.45, 7) is 8.54. The second-order valence-corrected chi connectivity index (χ2v) is 5.71. The van der Waals surface area contributed by atoms with Crippen molar-refractivity contribution in [3.8, 4) is 5.75 Å². The van der Waals surface area contributed by atoms with Gasteiger partial charge in [-0.1, -0.05) is 33.8 Å². The Hall–Kier alpha value is -1.55. The van der Waals surface area contributed by atoms with Gasteiger partial charge in [0, 0.05) is 11.8 Å². The largest absolute Gasteiger partial charge is 0.494 e. The fourth-order valence-electron chi connectivity index (χ4n) is 1.50. The first-order valence-corrected chi connectivity index (χ1v) is 6.64. The lowest BCUT2D eigenvalue weighted by molar-refractivity contribution is -0.119. The van der Waals surface area contributed by atoms with Crippen molar-refractivity contribution in [3.05, 3.63) is 24.3 Å². The van der Waals surface area contributed by atoms with Gasteiger partial charge in [-0.3, -0.25) is 4.79 Å². The molecule has 4 heteroatoms. The summed E-state index contributed by atoms with van der Waals surface area (Å²) < 4.78 is 5.52. The van der Waals surface area contributed by atoms with E-state index in [0.717, 1.165) is 12.2 Å². The van der Waals surface area contributed by atoms with Crippen LogP contribution in [0.1, 0.15) is 34.1 Å². The zero-order chi connectivity index (χ0) is 14.5. The van der Waals surface area contributed by atoms with E-state index >= 15 is 0 Å². The third-order valence-electron chi connectivity index (χ3n) is 2.79. The lowest BCUT2D eigenvalue weighted by Crippen LogP contribution is -2.45. The Morgan fingerprint density at radius 2 is 2.11 bits per heavy atom. The third-order valence-corrected chi connectivity index (χ3v) is 2.79. The van der Waals surface area contributed by atoms with Crippen molar-refractivity contribution >= 4 is 11.6 Å². The van der Waals surface area contributed by atoms with Crippen LogP contribution in [0.4, 0.5) is 5.69 Å². The summed E-state index contributed by atoms with van der Waals surface area (Å²) >= 11 is 0. The summed E-state index contributed by atoms with van der Waals surface area (Å²) in [6, 6.07) is 6.81. The molecule has 0 aliphatic heterocycles. The minimum atomic E-state index is -0.548. The molecule has 1 rings (SSSR count). The number of nitrogens with one attached hydrogen (secondary N) is 1. The highest BCUT2D eigenvalue weighted by Gasteiger charge is 2.27. The Morgan fingerprint density at radius 3 is 2.68 bits per heavy atom. The monoisotopic (exact) mass is 264 g/mol. The van der Waals surface area contributed by atoms with Crippen LogP contribution in [0.5, 0.6) is 5.75 Å². The molecule has 0 radical (unpaired) electrons. The number of anilines is 1. The molecule has 0 fully saturated rings. The Morgan fingerprint density at radius 1 is 1.42 bits per heavy atom. The predicted molar refractivity (Wildman–Crippen MR) is 78.3 cm³/mol. The normalized spacial score (nSPS) is 12.9. The number of benzene rings is 1. The summed E-state index contributed by atoms with van der Waals surface area (Å²) in [7, 11) is 0. The van der Waals surface area contributed by atoms with E-state index < -0.39 is 6.04 Å². The highest BCUT2D eigenvalue weighted by atomic mass is 16.5. The van der Waals surface area contributed by atoms with Crippen molar-refractivity contribution < 1.29 is 9.53 Å². The Bertz CT molecular complexity index is 424. The topological polar surface area (TPSA) is 64.3 Å². The van der Waals surface area contributed by atoms with Crippen LogP contribution in [0.25, 0.3) is 0 Å². The van der Waals surface area contributed by atoms with Gasteiger partial charge in [0.15, 0.2) is 0 Å². The van der Waals surface area contributed by atoms with Crippen molar-refractivity contribution in [2.75, 3.05) is 11.9 Å². The van der Waals surface area contributed by atoms with Crippen LogP contribution in [-0.4, -0.2) is 18.6 Å². The average molecular weight is 264 g/mol. The minimum absolute atomic E-state index is 0.180. The fraction of sp³-hybridized carbons (Fsp3) is 0.533. The van der Waals surface area contributed by atoms with E-state index in [9.17, 15) is 4.79 Å². The molecule has 4 nitrogen and oxygen atoms in total. The minimum Gasteiger partial charge on any atom is -0.494 e. The first-order chi connectivity index (χ1) is 8.84. The van der Waals surface area contributed by atoms with Crippen LogP contribution in [0.3, 0.4) is 0 Å². The average Bonchev–Trinajstić information content (AvgIpc) is 2.34. The van der Waals surface area contributed by atoms with Gasteiger partial charge in [0.05, 0.1) is 12.6 Å². The third kappa shape index (κ3) is 4.91. The molecule has 0 heterocycles. The summed E-state index contributed by atoms with van der Waals surface area (Å²) in [5.74, 6) is 0.573. The number of hydrogen-bond donors (Lipinski definition) is 2. The number of carbonyl (C=O) groups excluding carboxylic acids is 1. The highest BCUT2D eigenvalue weighted by molar-refractivity contribution is 5.95. The number of rotatable bonds is 5. The number of carbonyl (C=O) groups is 1. The zero-order valence-electron chi connectivity index (χ0n) is 12.2. The molecule has 0 saturated carbocycles. The molecule has 1 aromatic rings. The molecule has 0 bridgehead atoms. The second kappa shape index (κ2) is 6.57. The maximum Gasteiger partial charge on any atom is 0.241 e. The number of ether oxygens (including phenoxy) is 1. The number of hydrogen-bond acceptors (Lipinski definition) is 3. The van der Waals surface area contributed by atoms with E-state index in [-0.39, 0.29) is 11.3 Å². The van der Waals surface area contributed by atoms with Gasteiger partial charge in [-0.25, -0.2) is 0 Å². The van der Waals surface area contributed by atoms with Crippen LogP contribution in [0, 0.1) is 5.41 Å². The molecule has 1 unspecified atom stereocenters. The zero-order valence-corrected chi connectivity index (χ0v) is 12.2. The molecule has 106 valence electrons. The Kier molecular flexibility index (Phi) is 5.36. The summed E-state index contributed by atoms with van der Waals surface area (Å²) in [5.41, 5.74) is 6.36. The van der Waals surface area contributed by atoms with Crippen molar-refractivity contribution in [1.82, 2.24) is 0 Å². The van der Waals surface area contributed by atoms with Crippen molar-refractivity contribution in [2.45, 2.75) is 40.2 Å². The Labute approximate surface area is 115 Å². The van der Waals surface area contributed by atoms with Crippen LogP contribution in [-0.2, 0) is 4.79 Å². The van der Waals surface area contributed by atoms with Crippen molar-refractivity contribution in [2.24, 2.45) is 11.1 Å². The molecule has 1 amide bonds. The van der Waals surface area contributed by atoms with Crippen molar-refractivity contribution in [1.29, 1.82) is 0 Å². The van der Waals surface area contributed by atoms with Gasteiger partial charge in [0.2, 0.25) is 5.91 Å². The van der Waals surface area contributed by atoms with E-state index in [1.807, 2.05) is 52.0 Å². The molecule has 1 atom stereocenters. The van der Waals surface area contributed by atoms with Crippen LogP contribution in [0.2, 0.25) is 0 Å². The van der Waals surface area contributed by atoms with Crippen LogP contribution in [0.15, 0.2) is 24.3 Å². The standard InChI is InChI=1S/C15H24N2O2/c1-5-9-19-12-8-6-7-11(10-12)17-14(18)13(16)15(2,3)4/h6-8,10,13H,5,9,16H2,1-4H3,(H,17,18). The van der Waals surface area contributed by atoms with Gasteiger partial charge in [-0.05, 0) is 24.0 Å². The molecular weight excluding hydrogens is 240 g/mol.